The first-order valence-corrected chi connectivity index (χ1v) is 9.58. The van der Waals surface area contributed by atoms with E-state index < -0.39 is 79.9 Å². The zero-order valence-corrected chi connectivity index (χ0v) is 16.2. The third-order valence-corrected chi connectivity index (χ3v) is 5.44. The van der Waals surface area contributed by atoms with Gasteiger partial charge in [-0.15, -0.1) is 0 Å². The van der Waals surface area contributed by atoms with Crippen molar-refractivity contribution in [3.8, 4) is 0 Å². The third-order valence-electron chi connectivity index (χ3n) is 5.44. The highest BCUT2D eigenvalue weighted by atomic mass is 16.7. The molecule has 1 aromatic rings. The van der Waals surface area contributed by atoms with Gasteiger partial charge in [-0.05, 0) is 0 Å². The highest BCUT2D eigenvalue weighted by Crippen LogP contribution is 2.34. The summed E-state index contributed by atoms with van der Waals surface area (Å²) in [7, 11) is 0. The van der Waals surface area contributed by atoms with Crippen LogP contribution in [0.3, 0.4) is 0 Å². The summed E-state index contributed by atoms with van der Waals surface area (Å²) in [6.07, 6.45) is -15.7. The van der Waals surface area contributed by atoms with E-state index in [1.165, 1.54) is 24.3 Å². The molecule has 0 amide bonds. The van der Waals surface area contributed by atoms with Gasteiger partial charge in [0.15, 0.2) is 6.29 Å². The molecule has 12 heteroatoms. The fourth-order valence-electron chi connectivity index (χ4n) is 3.63. The quantitative estimate of drug-likeness (QED) is 0.196. The topological polar surface area (TPSA) is 207 Å². The summed E-state index contributed by atoms with van der Waals surface area (Å²) in [5, 5.41) is 80.5. The predicted molar refractivity (Wildman–Crippen MR) is 98.3 cm³/mol. The molecule has 0 saturated carbocycles. The Balaban J connectivity index is 1.82. The fraction of sp³-hybridized carbons (Fsp3) is 0.632. The minimum Gasteiger partial charge on any atom is -0.394 e. The number of carbonyl (C=O) groups is 1. The molecule has 12 nitrogen and oxygen atoms in total. The highest BCUT2D eigenvalue weighted by molar-refractivity contribution is 6.01. The van der Waals surface area contributed by atoms with Crippen molar-refractivity contribution in [1.29, 1.82) is 0 Å². The molecular formula is C19H26O12. The number of aliphatic hydroxyl groups is 8. The summed E-state index contributed by atoms with van der Waals surface area (Å²) in [6.45, 7) is -1.61. The summed E-state index contributed by atoms with van der Waals surface area (Å²) in [5.41, 5.74) is -0.0266. The Kier molecular flexibility index (Phi) is 7.40. The van der Waals surface area contributed by atoms with Crippen molar-refractivity contribution in [2.45, 2.75) is 60.9 Å². The second kappa shape index (κ2) is 9.52. The molecule has 2 saturated heterocycles. The molecule has 2 aliphatic rings. The molecule has 0 spiro atoms. The Bertz CT molecular complexity index is 743. The second-order valence-electron chi connectivity index (χ2n) is 7.46. The zero-order chi connectivity index (χ0) is 22.9. The molecular weight excluding hydrogens is 420 g/mol. The van der Waals surface area contributed by atoms with Crippen LogP contribution in [-0.4, -0.2) is 121 Å². The number of Topliss-reactive ketones (excluding diaryl/α,β-unsaturated/α-hetero) is 1. The van der Waals surface area contributed by atoms with Gasteiger partial charge >= 0.3 is 0 Å². The van der Waals surface area contributed by atoms with E-state index in [2.05, 4.69) is 0 Å². The number of hydrogen-bond acceptors (Lipinski definition) is 12. The fourth-order valence-corrected chi connectivity index (χ4v) is 3.63. The molecule has 2 heterocycles. The first kappa shape index (κ1) is 24.1. The van der Waals surface area contributed by atoms with Crippen LogP contribution in [0.2, 0.25) is 0 Å². The lowest BCUT2D eigenvalue weighted by atomic mass is 9.87. The van der Waals surface area contributed by atoms with Gasteiger partial charge < -0.3 is 55.1 Å². The minimum absolute atomic E-state index is 0.0266. The van der Waals surface area contributed by atoms with Crippen molar-refractivity contribution in [3.63, 3.8) is 0 Å². The SMILES string of the molecule is O=C(c1ccccc1)[C@]1(O)O[C@H](CO)[C@@H](O[C@@H]2O[C@H](CO)[C@H](O)[C@H](O)[C@H]2O)[C@H](O)[C@H]1O. The van der Waals surface area contributed by atoms with Crippen LogP contribution >= 0.6 is 0 Å². The second-order valence-corrected chi connectivity index (χ2v) is 7.46. The van der Waals surface area contributed by atoms with Crippen molar-refractivity contribution in [2.24, 2.45) is 0 Å². The van der Waals surface area contributed by atoms with E-state index >= 15 is 0 Å². The maximum Gasteiger partial charge on any atom is 0.261 e. The smallest absolute Gasteiger partial charge is 0.261 e. The number of ketones is 1. The first-order chi connectivity index (χ1) is 14.7. The number of hydrogen-bond donors (Lipinski definition) is 8. The Morgan fingerprint density at radius 1 is 0.903 bits per heavy atom. The molecule has 0 aliphatic carbocycles. The summed E-state index contributed by atoms with van der Waals surface area (Å²) < 4.78 is 15.8. The van der Waals surface area contributed by atoms with E-state index in [1.54, 1.807) is 6.07 Å². The Labute approximate surface area is 176 Å². The van der Waals surface area contributed by atoms with Crippen LogP contribution in [0, 0.1) is 0 Å². The standard InChI is InChI=1S/C19H26O12/c20-6-9-11(22)12(23)13(24)18(29-9)30-15-10(7-21)31-19(28,17(27)14(15)25)16(26)8-4-2-1-3-5-8/h1-5,9-15,17-18,20-25,27-28H,6-7H2/t9-,10-,11+,12+,13-,14+,15-,17-,18+,19+/m1/s1. The third kappa shape index (κ3) is 4.37. The number of carbonyl (C=O) groups excluding carboxylic acids is 1. The average molecular weight is 446 g/mol. The Morgan fingerprint density at radius 3 is 2.10 bits per heavy atom. The van der Waals surface area contributed by atoms with Gasteiger partial charge in [0.05, 0.1) is 13.2 Å². The van der Waals surface area contributed by atoms with Gasteiger partial charge in [0.1, 0.15) is 48.8 Å². The summed E-state index contributed by atoms with van der Waals surface area (Å²) in [4.78, 5) is 12.7. The monoisotopic (exact) mass is 446 g/mol. The largest absolute Gasteiger partial charge is 0.394 e. The average Bonchev–Trinajstić information content (AvgIpc) is 2.79. The maximum absolute atomic E-state index is 12.7. The molecule has 174 valence electrons. The van der Waals surface area contributed by atoms with Gasteiger partial charge in [0, 0.05) is 5.56 Å². The van der Waals surface area contributed by atoms with E-state index in [4.69, 9.17) is 14.2 Å². The molecule has 1 aromatic carbocycles. The van der Waals surface area contributed by atoms with E-state index in [1.807, 2.05) is 0 Å². The number of benzene rings is 1. The molecule has 0 bridgehead atoms. The number of rotatable bonds is 6. The molecule has 0 unspecified atom stereocenters. The first-order valence-electron chi connectivity index (χ1n) is 9.58. The number of ether oxygens (including phenoxy) is 3. The van der Waals surface area contributed by atoms with Crippen molar-refractivity contribution in [1.82, 2.24) is 0 Å². The van der Waals surface area contributed by atoms with Crippen LogP contribution in [0.1, 0.15) is 10.4 Å². The maximum atomic E-state index is 12.7. The molecule has 2 aliphatic heterocycles. The van der Waals surface area contributed by atoms with Gasteiger partial charge in [0.25, 0.3) is 5.79 Å². The summed E-state index contributed by atoms with van der Waals surface area (Å²) in [6, 6.07) is 7.35. The van der Waals surface area contributed by atoms with Gasteiger partial charge in [-0.25, -0.2) is 0 Å². The summed E-state index contributed by atoms with van der Waals surface area (Å²) in [5.74, 6) is -3.98. The van der Waals surface area contributed by atoms with E-state index in [0.717, 1.165) is 0 Å². The summed E-state index contributed by atoms with van der Waals surface area (Å²) >= 11 is 0. The van der Waals surface area contributed by atoms with Crippen LogP contribution in [0.5, 0.6) is 0 Å². The normalized spacial score (nSPS) is 43.5. The van der Waals surface area contributed by atoms with Crippen LogP contribution in [0.4, 0.5) is 0 Å². The predicted octanol–water partition coefficient (Wildman–Crippen LogP) is -4.14. The lowest BCUT2D eigenvalue weighted by Crippen LogP contribution is -2.70. The van der Waals surface area contributed by atoms with Crippen molar-refractivity contribution in [3.05, 3.63) is 35.9 Å². The lowest BCUT2D eigenvalue weighted by molar-refractivity contribution is -0.369. The van der Waals surface area contributed by atoms with E-state index in [9.17, 15) is 45.6 Å². The molecule has 0 radical (unpaired) electrons. The zero-order valence-electron chi connectivity index (χ0n) is 16.2. The molecule has 2 fully saturated rings. The molecule has 31 heavy (non-hydrogen) atoms. The molecule has 3 rings (SSSR count). The minimum atomic E-state index is -2.91. The van der Waals surface area contributed by atoms with Crippen LogP contribution in [0.25, 0.3) is 0 Å². The molecule has 0 aromatic heterocycles. The van der Waals surface area contributed by atoms with Crippen molar-refractivity contribution >= 4 is 5.78 Å². The van der Waals surface area contributed by atoms with Crippen LogP contribution < -0.4 is 0 Å². The van der Waals surface area contributed by atoms with Crippen molar-refractivity contribution < 1.29 is 59.9 Å². The molecule has 8 N–H and O–H groups in total. The Morgan fingerprint density at radius 2 is 1.52 bits per heavy atom. The van der Waals surface area contributed by atoms with Gasteiger partial charge in [-0.2, -0.15) is 0 Å². The van der Waals surface area contributed by atoms with Gasteiger partial charge in [-0.3, -0.25) is 4.79 Å². The van der Waals surface area contributed by atoms with Gasteiger partial charge in [-0.1, -0.05) is 30.3 Å². The molecule has 10 atom stereocenters. The van der Waals surface area contributed by atoms with E-state index in [-0.39, 0.29) is 5.56 Å². The van der Waals surface area contributed by atoms with Crippen LogP contribution in [0.15, 0.2) is 30.3 Å². The van der Waals surface area contributed by atoms with Crippen LogP contribution in [-0.2, 0) is 14.2 Å². The Hall–Kier alpha value is -1.55. The lowest BCUT2D eigenvalue weighted by Gasteiger charge is -2.48. The highest BCUT2D eigenvalue weighted by Gasteiger charge is 2.59. The number of aliphatic hydroxyl groups excluding tert-OH is 7. The van der Waals surface area contributed by atoms with Crippen molar-refractivity contribution in [2.75, 3.05) is 13.2 Å². The van der Waals surface area contributed by atoms with E-state index in [0.29, 0.717) is 0 Å². The van der Waals surface area contributed by atoms with Gasteiger partial charge in [0.2, 0.25) is 5.78 Å².